The molecule has 4 heteroatoms. The van der Waals surface area contributed by atoms with Gasteiger partial charge in [0, 0.05) is 5.92 Å². The van der Waals surface area contributed by atoms with Gasteiger partial charge in [-0.05, 0) is 33.1 Å². The number of hydrogen-bond acceptors (Lipinski definition) is 3. The van der Waals surface area contributed by atoms with Crippen LogP contribution in [0.15, 0.2) is 0 Å². The van der Waals surface area contributed by atoms with Crippen molar-refractivity contribution in [1.82, 2.24) is 0 Å². The summed E-state index contributed by atoms with van der Waals surface area (Å²) < 4.78 is 28.8. The standard InChI is InChI=1S/C12H24O3S/c1-7-9(2)8-12(6)10(3)11(4,5)15-16(12,13)14/h9-10H,7-8H2,1-6H3. The summed E-state index contributed by atoms with van der Waals surface area (Å²) in [7, 11) is -3.45. The Morgan fingerprint density at radius 2 is 1.81 bits per heavy atom. The quantitative estimate of drug-likeness (QED) is 0.721. The van der Waals surface area contributed by atoms with E-state index < -0.39 is 20.5 Å². The molecule has 3 nitrogen and oxygen atoms in total. The topological polar surface area (TPSA) is 43.4 Å². The molecule has 3 atom stereocenters. The summed E-state index contributed by atoms with van der Waals surface area (Å²) in [6.07, 6.45) is 1.68. The van der Waals surface area contributed by atoms with Gasteiger partial charge in [-0.1, -0.05) is 27.2 Å². The molecule has 1 saturated heterocycles. The van der Waals surface area contributed by atoms with Crippen LogP contribution in [0.25, 0.3) is 0 Å². The van der Waals surface area contributed by atoms with Gasteiger partial charge in [-0.25, -0.2) is 0 Å². The maximum atomic E-state index is 12.1. The molecule has 1 aliphatic rings. The monoisotopic (exact) mass is 248 g/mol. The van der Waals surface area contributed by atoms with E-state index in [1.165, 1.54) is 0 Å². The fourth-order valence-corrected chi connectivity index (χ4v) is 4.62. The van der Waals surface area contributed by atoms with Crippen molar-refractivity contribution in [3.63, 3.8) is 0 Å². The Kier molecular flexibility index (Phi) is 3.48. The molecule has 0 radical (unpaired) electrons. The minimum Gasteiger partial charge on any atom is -0.263 e. The van der Waals surface area contributed by atoms with Gasteiger partial charge in [-0.15, -0.1) is 0 Å². The minimum absolute atomic E-state index is 0.0130. The second-order valence-corrected chi connectivity index (χ2v) is 7.90. The zero-order valence-corrected chi connectivity index (χ0v) is 12.0. The van der Waals surface area contributed by atoms with Crippen molar-refractivity contribution in [2.45, 2.75) is 64.7 Å². The molecule has 0 aromatic heterocycles. The van der Waals surface area contributed by atoms with Crippen LogP contribution in [-0.2, 0) is 14.3 Å². The molecule has 0 aliphatic carbocycles. The van der Waals surface area contributed by atoms with Crippen LogP contribution in [0.2, 0.25) is 0 Å². The maximum Gasteiger partial charge on any atom is 0.273 e. The average molecular weight is 248 g/mol. The molecule has 0 bridgehead atoms. The largest absolute Gasteiger partial charge is 0.273 e. The van der Waals surface area contributed by atoms with E-state index in [-0.39, 0.29) is 5.92 Å². The molecule has 0 aromatic rings. The van der Waals surface area contributed by atoms with Gasteiger partial charge in [-0.3, -0.25) is 4.18 Å². The molecule has 0 saturated carbocycles. The van der Waals surface area contributed by atoms with Crippen LogP contribution in [0.3, 0.4) is 0 Å². The fourth-order valence-electron chi connectivity index (χ4n) is 2.52. The third kappa shape index (κ3) is 2.02. The highest BCUT2D eigenvalue weighted by Gasteiger charge is 2.59. The van der Waals surface area contributed by atoms with Gasteiger partial charge < -0.3 is 0 Å². The van der Waals surface area contributed by atoms with Crippen molar-refractivity contribution >= 4 is 10.1 Å². The molecule has 0 aromatic carbocycles. The summed E-state index contributed by atoms with van der Waals surface area (Å²) in [6, 6.07) is 0. The first kappa shape index (κ1) is 14.0. The van der Waals surface area contributed by atoms with Gasteiger partial charge in [0.25, 0.3) is 10.1 Å². The average Bonchev–Trinajstić information content (AvgIpc) is 2.24. The first-order valence-corrected chi connectivity index (χ1v) is 7.43. The van der Waals surface area contributed by atoms with E-state index in [1.807, 2.05) is 27.7 Å². The molecular formula is C12H24O3S. The van der Waals surface area contributed by atoms with Crippen LogP contribution in [0.5, 0.6) is 0 Å². The minimum atomic E-state index is -3.45. The lowest BCUT2D eigenvalue weighted by atomic mass is 9.77. The van der Waals surface area contributed by atoms with Crippen molar-refractivity contribution in [3.05, 3.63) is 0 Å². The van der Waals surface area contributed by atoms with Crippen molar-refractivity contribution in [3.8, 4) is 0 Å². The second kappa shape index (κ2) is 3.98. The van der Waals surface area contributed by atoms with Gasteiger partial charge in [0.05, 0.1) is 5.60 Å². The van der Waals surface area contributed by atoms with E-state index >= 15 is 0 Å². The summed E-state index contributed by atoms with van der Waals surface area (Å²) in [5.74, 6) is 0.415. The Bertz CT molecular complexity index is 358. The number of rotatable bonds is 3. The van der Waals surface area contributed by atoms with Crippen LogP contribution in [0.1, 0.15) is 54.4 Å². The van der Waals surface area contributed by atoms with E-state index in [4.69, 9.17) is 4.18 Å². The van der Waals surface area contributed by atoms with Gasteiger partial charge in [0.15, 0.2) is 0 Å². The first-order chi connectivity index (χ1) is 7.07. The molecule has 1 rings (SSSR count). The summed E-state index contributed by atoms with van der Waals surface area (Å²) in [5.41, 5.74) is -0.582. The Morgan fingerprint density at radius 3 is 2.12 bits per heavy atom. The smallest absolute Gasteiger partial charge is 0.263 e. The molecule has 16 heavy (non-hydrogen) atoms. The Hall–Kier alpha value is -0.0900. The molecule has 1 fully saturated rings. The van der Waals surface area contributed by atoms with Crippen LogP contribution >= 0.6 is 0 Å². The molecule has 0 N–H and O–H groups in total. The zero-order valence-electron chi connectivity index (χ0n) is 11.2. The molecular weight excluding hydrogens is 224 g/mol. The highest BCUT2D eigenvalue weighted by Crippen LogP contribution is 2.49. The summed E-state index contributed by atoms with van der Waals surface area (Å²) in [4.78, 5) is 0. The lowest BCUT2D eigenvalue weighted by Crippen LogP contribution is -2.41. The van der Waals surface area contributed by atoms with E-state index in [0.717, 1.165) is 6.42 Å². The van der Waals surface area contributed by atoms with Crippen molar-refractivity contribution in [2.24, 2.45) is 11.8 Å². The fraction of sp³-hybridized carbons (Fsp3) is 1.00. The van der Waals surface area contributed by atoms with Crippen LogP contribution < -0.4 is 0 Å². The molecule has 1 aliphatic heterocycles. The van der Waals surface area contributed by atoms with Gasteiger partial charge in [-0.2, -0.15) is 8.42 Å². The van der Waals surface area contributed by atoms with Crippen LogP contribution in [0.4, 0.5) is 0 Å². The zero-order chi connectivity index (χ0) is 12.8. The Morgan fingerprint density at radius 1 is 1.31 bits per heavy atom. The summed E-state index contributed by atoms with van der Waals surface area (Å²) in [5, 5.41) is 0. The predicted octanol–water partition coefficient (Wildman–Crippen LogP) is 2.96. The van der Waals surface area contributed by atoms with Crippen molar-refractivity contribution < 1.29 is 12.6 Å². The van der Waals surface area contributed by atoms with E-state index in [2.05, 4.69) is 13.8 Å². The molecule has 1 heterocycles. The van der Waals surface area contributed by atoms with E-state index in [0.29, 0.717) is 12.3 Å². The number of hydrogen-bond donors (Lipinski definition) is 0. The van der Waals surface area contributed by atoms with E-state index in [9.17, 15) is 8.42 Å². The lowest BCUT2D eigenvalue weighted by Gasteiger charge is -2.31. The summed E-state index contributed by atoms with van der Waals surface area (Å²) in [6.45, 7) is 11.7. The van der Waals surface area contributed by atoms with E-state index in [1.54, 1.807) is 0 Å². The van der Waals surface area contributed by atoms with Crippen LogP contribution in [0, 0.1) is 11.8 Å². The van der Waals surface area contributed by atoms with Gasteiger partial charge >= 0.3 is 0 Å². The highest BCUT2D eigenvalue weighted by atomic mass is 32.2. The maximum absolute atomic E-state index is 12.1. The van der Waals surface area contributed by atoms with Gasteiger partial charge in [0.2, 0.25) is 0 Å². The summed E-state index contributed by atoms with van der Waals surface area (Å²) >= 11 is 0. The molecule has 96 valence electrons. The normalized spacial score (nSPS) is 38.5. The van der Waals surface area contributed by atoms with Crippen molar-refractivity contribution in [1.29, 1.82) is 0 Å². The predicted molar refractivity (Wildman–Crippen MR) is 65.7 cm³/mol. The third-order valence-corrected chi connectivity index (χ3v) is 6.62. The highest BCUT2D eigenvalue weighted by molar-refractivity contribution is 7.88. The van der Waals surface area contributed by atoms with Crippen molar-refractivity contribution in [2.75, 3.05) is 0 Å². The molecule has 3 unspecified atom stereocenters. The second-order valence-electron chi connectivity index (χ2n) is 5.89. The van der Waals surface area contributed by atoms with Crippen LogP contribution in [-0.4, -0.2) is 18.8 Å². The molecule has 0 amide bonds. The Labute approximate surface area is 99.7 Å². The molecule has 0 spiro atoms. The first-order valence-electron chi connectivity index (χ1n) is 6.02. The third-order valence-electron chi connectivity index (χ3n) is 4.31. The van der Waals surface area contributed by atoms with Gasteiger partial charge in [0.1, 0.15) is 4.75 Å². The Balaban J connectivity index is 3.10. The SMILES string of the molecule is CCC(C)CC1(C)C(C)C(C)(C)OS1(=O)=O. The lowest BCUT2D eigenvalue weighted by molar-refractivity contribution is 0.0841.